The molecule has 1 aromatic rings. The van der Waals surface area contributed by atoms with Crippen LogP contribution >= 0.6 is 11.6 Å². The molecule has 16 heavy (non-hydrogen) atoms. The summed E-state index contributed by atoms with van der Waals surface area (Å²) < 4.78 is 13.4. The quantitative estimate of drug-likeness (QED) is 0.779. The number of carbonyl (C=O) groups is 1. The Balaban J connectivity index is 2.53. The molecule has 1 rings (SSSR count). The second kappa shape index (κ2) is 6.61. The van der Waals surface area contributed by atoms with Gasteiger partial charge < -0.3 is 5.32 Å². The van der Waals surface area contributed by atoms with Crippen LogP contribution in [0.15, 0.2) is 18.2 Å². The largest absolute Gasteiger partial charge is 0.310 e. The average Bonchev–Trinajstić information content (AvgIpc) is 2.25. The number of ketones is 1. The van der Waals surface area contributed by atoms with Crippen molar-refractivity contribution in [3.63, 3.8) is 0 Å². The van der Waals surface area contributed by atoms with E-state index in [9.17, 15) is 9.18 Å². The smallest absolute Gasteiger partial charge is 0.151 e. The van der Waals surface area contributed by atoms with Gasteiger partial charge in [0.15, 0.2) is 5.78 Å². The molecule has 0 aliphatic rings. The van der Waals surface area contributed by atoms with E-state index in [-0.39, 0.29) is 23.8 Å². The lowest BCUT2D eigenvalue weighted by Gasteiger charge is -2.04. The van der Waals surface area contributed by atoms with E-state index in [1.165, 1.54) is 6.07 Å². The van der Waals surface area contributed by atoms with Crippen LogP contribution in [-0.2, 0) is 11.2 Å². The number of rotatable bonds is 6. The predicted octanol–water partition coefficient (Wildman–Crippen LogP) is 2.59. The van der Waals surface area contributed by atoms with Crippen LogP contribution < -0.4 is 5.32 Å². The van der Waals surface area contributed by atoms with Crippen molar-refractivity contribution in [2.75, 3.05) is 13.1 Å². The van der Waals surface area contributed by atoms with Crippen molar-refractivity contribution in [3.8, 4) is 0 Å². The molecule has 0 aromatic heterocycles. The van der Waals surface area contributed by atoms with Gasteiger partial charge in [-0.05, 0) is 24.6 Å². The Morgan fingerprint density at radius 3 is 2.94 bits per heavy atom. The molecule has 0 amide bonds. The fourth-order valence-electron chi connectivity index (χ4n) is 1.36. The van der Waals surface area contributed by atoms with Gasteiger partial charge in [-0.1, -0.05) is 30.7 Å². The van der Waals surface area contributed by atoms with Gasteiger partial charge in [-0.15, -0.1) is 0 Å². The Kier molecular flexibility index (Phi) is 5.43. The molecular weight excluding hydrogens is 229 g/mol. The zero-order valence-electron chi connectivity index (χ0n) is 9.22. The Morgan fingerprint density at radius 1 is 1.50 bits per heavy atom. The van der Waals surface area contributed by atoms with Gasteiger partial charge in [0.25, 0.3) is 0 Å². The molecule has 1 aromatic carbocycles. The molecule has 0 heterocycles. The molecule has 0 spiro atoms. The van der Waals surface area contributed by atoms with Gasteiger partial charge in [0.1, 0.15) is 5.82 Å². The Morgan fingerprint density at radius 2 is 2.25 bits per heavy atom. The number of hydrogen-bond acceptors (Lipinski definition) is 2. The molecule has 0 saturated heterocycles. The van der Waals surface area contributed by atoms with Gasteiger partial charge in [0.2, 0.25) is 0 Å². The van der Waals surface area contributed by atoms with Crippen molar-refractivity contribution in [2.24, 2.45) is 0 Å². The molecule has 0 unspecified atom stereocenters. The number of Topliss-reactive ketones (excluding diaryl/α,β-unsaturated/α-hetero) is 1. The lowest BCUT2D eigenvalue weighted by atomic mass is 10.1. The van der Waals surface area contributed by atoms with Crippen LogP contribution in [0.2, 0.25) is 5.02 Å². The van der Waals surface area contributed by atoms with Crippen molar-refractivity contribution in [2.45, 2.75) is 19.8 Å². The van der Waals surface area contributed by atoms with Crippen LogP contribution in [0.25, 0.3) is 0 Å². The van der Waals surface area contributed by atoms with Crippen LogP contribution in [0.5, 0.6) is 0 Å². The van der Waals surface area contributed by atoms with E-state index < -0.39 is 5.82 Å². The van der Waals surface area contributed by atoms with Gasteiger partial charge in [-0.2, -0.15) is 0 Å². The van der Waals surface area contributed by atoms with Gasteiger partial charge in [-0.3, -0.25) is 4.79 Å². The standard InChI is InChI=1S/C12H15ClFNO/c1-2-6-15-8-10(16)7-9-4-3-5-11(13)12(9)14/h3-5,15H,2,6-8H2,1H3. The summed E-state index contributed by atoms with van der Waals surface area (Å²) in [5.74, 6) is -0.525. The minimum Gasteiger partial charge on any atom is -0.310 e. The first-order chi connectivity index (χ1) is 7.65. The van der Waals surface area contributed by atoms with E-state index >= 15 is 0 Å². The van der Waals surface area contributed by atoms with Crippen LogP contribution in [0.1, 0.15) is 18.9 Å². The number of hydrogen-bond donors (Lipinski definition) is 1. The Hall–Kier alpha value is -0.930. The Bertz CT molecular complexity index is 368. The number of halogens is 2. The highest BCUT2D eigenvalue weighted by Gasteiger charge is 2.10. The second-order valence-corrected chi connectivity index (χ2v) is 4.01. The van der Waals surface area contributed by atoms with Crippen molar-refractivity contribution < 1.29 is 9.18 Å². The summed E-state index contributed by atoms with van der Waals surface area (Å²) in [4.78, 5) is 11.5. The van der Waals surface area contributed by atoms with Gasteiger partial charge in [0.05, 0.1) is 11.6 Å². The molecule has 0 fully saturated rings. The third-order valence-electron chi connectivity index (χ3n) is 2.17. The molecule has 1 N–H and O–H groups in total. The molecule has 0 bridgehead atoms. The summed E-state index contributed by atoms with van der Waals surface area (Å²) in [7, 11) is 0. The van der Waals surface area contributed by atoms with Gasteiger partial charge in [-0.25, -0.2) is 4.39 Å². The lowest BCUT2D eigenvalue weighted by Crippen LogP contribution is -2.25. The maximum Gasteiger partial charge on any atom is 0.151 e. The third kappa shape index (κ3) is 3.91. The predicted molar refractivity (Wildman–Crippen MR) is 63.3 cm³/mol. The SMILES string of the molecule is CCCNCC(=O)Cc1cccc(Cl)c1F. The van der Waals surface area contributed by atoms with E-state index in [2.05, 4.69) is 5.32 Å². The monoisotopic (exact) mass is 243 g/mol. The normalized spacial score (nSPS) is 10.4. The fraction of sp³-hybridized carbons (Fsp3) is 0.417. The van der Waals surface area contributed by atoms with Crippen molar-refractivity contribution >= 4 is 17.4 Å². The molecule has 88 valence electrons. The maximum atomic E-state index is 13.4. The van der Waals surface area contributed by atoms with Crippen LogP contribution in [0, 0.1) is 5.82 Å². The molecule has 2 nitrogen and oxygen atoms in total. The molecule has 0 atom stereocenters. The molecule has 4 heteroatoms. The highest BCUT2D eigenvalue weighted by Crippen LogP contribution is 2.18. The Labute approximate surface area is 99.8 Å². The van der Waals surface area contributed by atoms with E-state index in [4.69, 9.17) is 11.6 Å². The van der Waals surface area contributed by atoms with E-state index in [0.717, 1.165) is 13.0 Å². The molecule has 0 aliphatic carbocycles. The van der Waals surface area contributed by atoms with E-state index in [1.807, 2.05) is 6.92 Å². The van der Waals surface area contributed by atoms with Crippen LogP contribution in [0.4, 0.5) is 4.39 Å². The van der Waals surface area contributed by atoms with Crippen molar-refractivity contribution in [1.29, 1.82) is 0 Å². The first kappa shape index (κ1) is 13.1. The highest BCUT2D eigenvalue weighted by molar-refractivity contribution is 6.30. The number of carbonyl (C=O) groups excluding carboxylic acids is 1. The zero-order valence-corrected chi connectivity index (χ0v) is 9.98. The van der Waals surface area contributed by atoms with E-state index in [1.54, 1.807) is 12.1 Å². The summed E-state index contributed by atoms with van der Waals surface area (Å²) in [6.45, 7) is 3.09. The van der Waals surface area contributed by atoms with Crippen molar-refractivity contribution in [3.05, 3.63) is 34.6 Å². The minimum absolute atomic E-state index is 0.0328. The van der Waals surface area contributed by atoms with Gasteiger partial charge in [0, 0.05) is 6.42 Å². The summed E-state index contributed by atoms with van der Waals surface area (Å²) >= 11 is 5.62. The second-order valence-electron chi connectivity index (χ2n) is 3.61. The molecular formula is C12H15ClFNO. The van der Waals surface area contributed by atoms with E-state index in [0.29, 0.717) is 5.56 Å². The zero-order chi connectivity index (χ0) is 12.0. The third-order valence-corrected chi connectivity index (χ3v) is 2.46. The molecule has 0 aliphatic heterocycles. The summed E-state index contributed by atoms with van der Waals surface area (Å²) in [6.07, 6.45) is 1.06. The van der Waals surface area contributed by atoms with Crippen molar-refractivity contribution in [1.82, 2.24) is 5.32 Å². The lowest BCUT2D eigenvalue weighted by molar-refractivity contribution is -0.117. The fourth-order valence-corrected chi connectivity index (χ4v) is 1.56. The summed E-state index contributed by atoms with van der Waals surface area (Å²) in [5.41, 5.74) is 0.357. The molecule has 0 radical (unpaired) electrons. The number of nitrogens with one attached hydrogen (secondary N) is 1. The number of benzene rings is 1. The summed E-state index contributed by atoms with van der Waals surface area (Å²) in [6, 6.07) is 4.70. The molecule has 0 saturated carbocycles. The van der Waals surface area contributed by atoms with Gasteiger partial charge >= 0.3 is 0 Å². The maximum absolute atomic E-state index is 13.4. The highest BCUT2D eigenvalue weighted by atomic mass is 35.5. The van der Waals surface area contributed by atoms with Crippen LogP contribution in [-0.4, -0.2) is 18.9 Å². The topological polar surface area (TPSA) is 29.1 Å². The average molecular weight is 244 g/mol. The first-order valence-electron chi connectivity index (χ1n) is 5.30. The first-order valence-corrected chi connectivity index (χ1v) is 5.68. The van der Waals surface area contributed by atoms with Crippen LogP contribution in [0.3, 0.4) is 0 Å². The summed E-state index contributed by atoms with van der Waals surface area (Å²) in [5, 5.41) is 3.05. The minimum atomic E-state index is -0.493.